The molecule has 194 valence electrons. The van der Waals surface area contributed by atoms with E-state index in [1.807, 2.05) is 20.8 Å². The molecule has 0 radical (unpaired) electrons. The van der Waals surface area contributed by atoms with Gasteiger partial charge in [-0.05, 0) is 72.5 Å². The fourth-order valence-corrected chi connectivity index (χ4v) is 5.85. The standard InChI is InChI=1S/C29H25ClN2O5S/c1-4-37-22-12-7-17(13-20(22)15(2)3)26(34)24-25(16-5-9-19(33)10-6-16)32(28(36)27(24)35)29-31-21-11-8-18(30)14-23(21)38-29/h5-15,25,33-34H,4H2,1-3H3/b26-24+. The van der Waals surface area contributed by atoms with Crippen molar-refractivity contribution in [2.45, 2.75) is 32.7 Å². The molecule has 1 unspecified atom stereocenters. The SMILES string of the molecule is CCOc1ccc(/C(O)=C2\C(=O)C(=O)N(c3nc4ccc(Cl)cc4s3)C2c2ccc(O)cc2)cc1C(C)C. The highest BCUT2D eigenvalue weighted by Gasteiger charge is 2.48. The molecule has 4 aromatic rings. The fourth-order valence-electron chi connectivity index (χ4n) is 4.58. The summed E-state index contributed by atoms with van der Waals surface area (Å²) in [6.45, 7) is 6.41. The van der Waals surface area contributed by atoms with Gasteiger partial charge in [-0.25, -0.2) is 4.98 Å². The Morgan fingerprint density at radius 2 is 1.84 bits per heavy atom. The number of fused-ring (bicyclic) bond motifs is 1. The van der Waals surface area contributed by atoms with Crippen molar-refractivity contribution in [3.63, 3.8) is 0 Å². The number of carbonyl (C=O) groups excluding carboxylic acids is 2. The number of aliphatic hydroxyl groups excluding tert-OH is 1. The van der Waals surface area contributed by atoms with Gasteiger partial charge < -0.3 is 14.9 Å². The van der Waals surface area contributed by atoms with Crippen molar-refractivity contribution >= 4 is 55.7 Å². The van der Waals surface area contributed by atoms with Crippen LogP contribution in [-0.2, 0) is 9.59 Å². The van der Waals surface area contributed by atoms with E-state index in [9.17, 15) is 19.8 Å². The zero-order valence-electron chi connectivity index (χ0n) is 20.9. The van der Waals surface area contributed by atoms with E-state index in [4.69, 9.17) is 16.3 Å². The summed E-state index contributed by atoms with van der Waals surface area (Å²) in [4.78, 5) is 32.8. The van der Waals surface area contributed by atoms with Crippen LogP contribution in [0.3, 0.4) is 0 Å². The monoisotopic (exact) mass is 548 g/mol. The molecule has 1 amide bonds. The molecule has 5 rings (SSSR count). The van der Waals surface area contributed by atoms with Crippen LogP contribution in [0.2, 0.25) is 5.02 Å². The molecule has 0 saturated carbocycles. The Bertz CT molecular complexity index is 1590. The van der Waals surface area contributed by atoms with Crippen molar-refractivity contribution in [1.29, 1.82) is 0 Å². The number of phenolic OH excluding ortho intramolecular Hbond substituents is 1. The number of aromatic nitrogens is 1. The van der Waals surface area contributed by atoms with E-state index in [1.54, 1.807) is 48.5 Å². The number of rotatable bonds is 6. The minimum Gasteiger partial charge on any atom is -0.508 e. The molecule has 0 bridgehead atoms. The molecule has 2 N–H and O–H groups in total. The Kier molecular flexibility index (Phi) is 6.86. The quantitative estimate of drug-likeness (QED) is 0.156. The van der Waals surface area contributed by atoms with Gasteiger partial charge in [0, 0.05) is 10.6 Å². The first-order valence-electron chi connectivity index (χ1n) is 12.1. The summed E-state index contributed by atoms with van der Waals surface area (Å²) >= 11 is 7.37. The van der Waals surface area contributed by atoms with Gasteiger partial charge in [0.25, 0.3) is 5.78 Å². The van der Waals surface area contributed by atoms with Crippen molar-refractivity contribution in [2.24, 2.45) is 0 Å². The number of aliphatic hydroxyl groups is 1. The lowest BCUT2D eigenvalue weighted by Gasteiger charge is -2.23. The third-order valence-corrected chi connectivity index (χ3v) is 7.66. The van der Waals surface area contributed by atoms with Crippen LogP contribution in [0.1, 0.15) is 49.4 Å². The van der Waals surface area contributed by atoms with Gasteiger partial charge in [0.2, 0.25) is 0 Å². The van der Waals surface area contributed by atoms with Gasteiger partial charge in [-0.15, -0.1) is 0 Å². The molecule has 1 saturated heterocycles. The molecule has 38 heavy (non-hydrogen) atoms. The first-order chi connectivity index (χ1) is 18.2. The Morgan fingerprint density at radius 3 is 2.53 bits per heavy atom. The number of nitrogens with zero attached hydrogens (tertiary/aromatic N) is 2. The van der Waals surface area contributed by atoms with E-state index in [1.165, 1.54) is 28.4 Å². The number of ether oxygens (including phenoxy) is 1. The number of benzene rings is 3. The lowest BCUT2D eigenvalue weighted by Crippen LogP contribution is -2.29. The summed E-state index contributed by atoms with van der Waals surface area (Å²) in [5.74, 6) is -1.09. The number of anilines is 1. The molecule has 2 heterocycles. The number of ketones is 1. The molecule has 0 spiro atoms. The van der Waals surface area contributed by atoms with E-state index in [0.717, 1.165) is 10.3 Å². The molecule has 1 aromatic heterocycles. The molecule has 9 heteroatoms. The van der Waals surface area contributed by atoms with Crippen LogP contribution in [0.25, 0.3) is 16.0 Å². The van der Waals surface area contributed by atoms with Crippen molar-refractivity contribution in [1.82, 2.24) is 4.98 Å². The summed E-state index contributed by atoms with van der Waals surface area (Å²) in [6.07, 6.45) is 0. The Hall–Kier alpha value is -3.88. The number of hydrogen-bond donors (Lipinski definition) is 2. The number of halogens is 1. The van der Waals surface area contributed by atoms with E-state index in [0.29, 0.717) is 39.2 Å². The third-order valence-electron chi connectivity index (χ3n) is 6.40. The fraction of sp³-hybridized carbons (Fsp3) is 0.207. The zero-order valence-corrected chi connectivity index (χ0v) is 22.5. The van der Waals surface area contributed by atoms with Crippen molar-refractivity contribution in [3.8, 4) is 11.5 Å². The van der Waals surface area contributed by atoms with Gasteiger partial charge in [0.05, 0.1) is 28.4 Å². The van der Waals surface area contributed by atoms with E-state index >= 15 is 0 Å². The van der Waals surface area contributed by atoms with Crippen LogP contribution in [0.4, 0.5) is 5.13 Å². The highest BCUT2D eigenvalue weighted by Crippen LogP contribution is 2.45. The zero-order chi connectivity index (χ0) is 27.1. The second-order valence-electron chi connectivity index (χ2n) is 9.21. The molecular formula is C29H25ClN2O5S. The second kappa shape index (κ2) is 10.1. The first kappa shape index (κ1) is 25.8. The van der Waals surface area contributed by atoms with Crippen LogP contribution in [0, 0.1) is 0 Å². The minimum absolute atomic E-state index is 0.0356. The highest BCUT2D eigenvalue weighted by molar-refractivity contribution is 7.22. The molecule has 3 aromatic carbocycles. The summed E-state index contributed by atoms with van der Waals surface area (Å²) in [6, 6.07) is 15.6. The molecular weight excluding hydrogens is 524 g/mol. The van der Waals surface area contributed by atoms with Crippen LogP contribution in [-0.4, -0.2) is 33.5 Å². The van der Waals surface area contributed by atoms with Crippen molar-refractivity contribution in [2.75, 3.05) is 11.5 Å². The maximum absolute atomic E-state index is 13.5. The normalized spacial score (nSPS) is 17.1. The third kappa shape index (κ3) is 4.50. The lowest BCUT2D eigenvalue weighted by atomic mass is 9.93. The first-order valence-corrected chi connectivity index (χ1v) is 13.3. The van der Waals surface area contributed by atoms with Gasteiger partial charge in [-0.2, -0.15) is 0 Å². The number of hydrogen-bond acceptors (Lipinski definition) is 7. The Balaban J connectivity index is 1.71. The smallest absolute Gasteiger partial charge is 0.301 e. The van der Waals surface area contributed by atoms with Crippen molar-refractivity contribution in [3.05, 3.63) is 87.9 Å². The summed E-state index contributed by atoms with van der Waals surface area (Å²) in [7, 11) is 0. The average molecular weight is 549 g/mol. The number of phenols is 1. The molecule has 1 atom stereocenters. The van der Waals surface area contributed by atoms with Crippen molar-refractivity contribution < 1.29 is 24.5 Å². The van der Waals surface area contributed by atoms with Crippen LogP contribution in [0.5, 0.6) is 11.5 Å². The van der Waals surface area contributed by atoms with Gasteiger partial charge in [0.1, 0.15) is 17.3 Å². The predicted octanol–water partition coefficient (Wildman–Crippen LogP) is 6.80. The van der Waals surface area contributed by atoms with Crippen LogP contribution in [0.15, 0.2) is 66.2 Å². The number of carbonyl (C=O) groups is 2. The van der Waals surface area contributed by atoms with Gasteiger partial charge in [-0.1, -0.05) is 48.9 Å². The second-order valence-corrected chi connectivity index (χ2v) is 10.7. The molecule has 7 nitrogen and oxygen atoms in total. The highest BCUT2D eigenvalue weighted by atomic mass is 35.5. The molecule has 1 aliphatic rings. The largest absolute Gasteiger partial charge is 0.508 e. The predicted molar refractivity (Wildman–Crippen MR) is 149 cm³/mol. The van der Waals surface area contributed by atoms with Gasteiger partial charge in [-0.3, -0.25) is 14.5 Å². The topological polar surface area (TPSA) is 100.0 Å². The number of Topliss-reactive ketones (excluding diaryl/α,β-unsaturated/α-hetero) is 1. The average Bonchev–Trinajstić information content (AvgIpc) is 3.42. The Morgan fingerprint density at radius 1 is 1.11 bits per heavy atom. The van der Waals surface area contributed by atoms with E-state index in [-0.39, 0.29) is 23.0 Å². The maximum atomic E-state index is 13.5. The van der Waals surface area contributed by atoms with Gasteiger partial charge in [0.15, 0.2) is 5.13 Å². The van der Waals surface area contributed by atoms with Crippen LogP contribution < -0.4 is 9.64 Å². The number of aromatic hydroxyl groups is 1. The lowest BCUT2D eigenvalue weighted by molar-refractivity contribution is -0.132. The van der Waals surface area contributed by atoms with E-state index in [2.05, 4.69) is 4.98 Å². The minimum atomic E-state index is -0.958. The van der Waals surface area contributed by atoms with Crippen LogP contribution >= 0.6 is 22.9 Å². The summed E-state index contributed by atoms with van der Waals surface area (Å²) < 4.78 is 6.50. The maximum Gasteiger partial charge on any atom is 0.301 e. The summed E-state index contributed by atoms with van der Waals surface area (Å²) in [5.41, 5.74) is 2.38. The molecule has 1 fully saturated rings. The van der Waals surface area contributed by atoms with Gasteiger partial charge >= 0.3 is 5.91 Å². The summed E-state index contributed by atoms with van der Waals surface area (Å²) in [5, 5.41) is 22.2. The number of thiazole rings is 1. The number of amides is 1. The molecule has 1 aliphatic heterocycles. The Labute approximate surface area is 228 Å². The molecule has 0 aliphatic carbocycles. The van der Waals surface area contributed by atoms with E-state index < -0.39 is 17.7 Å².